The highest BCUT2D eigenvalue weighted by atomic mass is 16.5. The van der Waals surface area contributed by atoms with Crippen LogP contribution in [0.4, 0.5) is 11.4 Å². The molecule has 34 heavy (non-hydrogen) atoms. The number of ether oxygens (including phenoxy) is 1. The topological polar surface area (TPSA) is 56.3 Å². The number of piperazine rings is 1. The normalized spacial score (nSPS) is 19.7. The number of amides is 2. The summed E-state index contributed by atoms with van der Waals surface area (Å²) in [5.41, 5.74) is 5.06. The molecule has 3 heterocycles. The van der Waals surface area contributed by atoms with E-state index >= 15 is 0 Å². The van der Waals surface area contributed by atoms with Gasteiger partial charge in [0.2, 0.25) is 5.91 Å². The van der Waals surface area contributed by atoms with E-state index < -0.39 is 0 Å². The minimum absolute atomic E-state index is 0.0506. The summed E-state index contributed by atoms with van der Waals surface area (Å²) in [6.45, 7) is 7.20. The molecule has 2 aromatic rings. The summed E-state index contributed by atoms with van der Waals surface area (Å²) >= 11 is 0. The maximum atomic E-state index is 13.5. The van der Waals surface area contributed by atoms with Crippen LogP contribution in [0.1, 0.15) is 34.3 Å². The lowest BCUT2D eigenvalue weighted by molar-refractivity contribution is -0.117. The molecule has 0 N–H and O–H groups in total. The Labute approximate surface area is 201 Å². The second-order valence-corrected chi connectivity index (χ2v) is 9.49. The van der Waals surface area contributed by atoms with Crippen molar-refractivity contribution in [3.8, 4) is 0 Å². The number of likely N-dealkylation sites (N-methyl/N-ethyl adjacent to an activating group) is 1. The maximum Gasteiger partial charge on any atom is 0.254 e. The summed E-state index contributed by atoms with van der Waals surface area (Å²) in [7, 11) is 2.16. The van der Waals surface area contributed by atoms with Crippen LogP contribution in [0.5, 0.6) is 0 Å². The first-order chi connectivity index (χ1) is 16.6. The van der Waals surface area contributed by atoms with Crippen molar-refractivity contribution in [1.29, 1.82) is 0 Å². The van der Waals surface area contributed by atoms with Gasteiger partial charge in [0, 0.05) is 75.6 Å². The fourth-order valence-corrected chi connectivity index (χ4v) is 5.18. The third kappa shape index (κ3) is 4.81. The molecule has 7 nitrogen and oxygen atoms in total. The zero-order valence-electron chi connectivity index (χ0n) is 20.0. The molecule has 0 bridgehead atoms. The lowest BCUT2D eigenvalue weighted by atomic mass is 9.96. The van der Waals surface area contributed by atoms with Gasteiger partial charge in [0.25, 0.3) is 5.91 Å². The largest absolute Gasteiger partial charge is 0.378 e. The number of anilines is 2. The monoisotopic (exact) mass is 462 g/mol. The van der Waals surface area contributed by atoms with Crippen LogP contribution in [0.2, 0.25) is 0 Å². The van der Waals surface area contributed by atoms with E-state index in [0.29, 0.717) is 39.1 Å². The van der Waals surface area contributed by atoms with E-state index in [1.165, 1.54) is 11.3 Å². The van der Waals surface area contributed by atoms with Crippen LogP contribution in [0.15, 0.2) is 42.5 Å². The molecule has 0 unspecified atom stereocenters. The standard InChI is InChI=1S/C27H34N4O3/c1-28-11-13-29(14-12-28)25-6-3-2-5-21(25)19-22-20-23(31-10-4-7-26(31)32)8-9-24(22)27(33)30-15-17-34-18-16-30/h2-3,5-6,8-9,20H,4,7,10-19H2,1H3. The fraction of sp³-hybridized carbons (Fsp3) is 0.481. The number of benzene rings is 2. The molecular formula is C27H34N4O3. The third-order valence-electron chi connectivity index (χ3n) is 7.22. The number of para-hydroxylation sites is 1. The molecule has 2 amide bonds. The van der Waals surface area contributed by atoms with Gasteiger partial charge in [0.15, 0.2) is 0 Å². The predicted molar refractivity (Wildman–Crippen MR) is 134 cm³/mol. The van der Waals surface area contributed by atoms with Gasteiger partial charge in [0.1, 0.15) is 0 Å². The Morgan fingerprint density at radius 1 is 0.912 bits per heavy atom. The van der Waals surface area contributed by atoms with E-state index in [1.807, 2.05) is 21.9 Å². The molecule has 0 saturated carbocycles. The SMILES string of the molecule is CN1CCN(c2ccccc2Cc2cc(N3CCCC3=O)ccc2C(=O)N2CCOCC2)CC1. The highest BCUT2D eigenvalue weighted by molar-refractivity contribution is 5.99. The van der Waals surface area contributed by atoms with Gasteiger partial charge in [-0.1, -0.05) is 18.2 Å². The smallest absolute Gasteiger partial charge is 0.254 e. The lowest BCUT2D eigenvalue weighted by Gasteiger charge is -2.35. The number of morpholine rings is 1. The van der Waals surface area contributed by atoms with Gasteiger partial charge >= 0.3 is 0 Å². The van der Waals surface area contributed by atoms with Gasteiger partial charge in [-0.25, -0.2) is 0 Å². The second kappa shape index (κ2) is 10.2. The summed E-state index contributed by atoms with van der Waals surface area (Å²) in [6, 6.07) is 14.5. The summed E-state index contributed by atoms with van der Waals surface area (Å²) in [4.78, 5) is 34.5. The molecule has 180 valence electrons. The number of nitrogens with zero attached hydrogens (tertiary/aromatic N) is 4. The lowest BCUT2D eigenvalue weighted by Crippen LogP contribution is -2.44. The van der Waals surface area contributed by atoms with Gasteiger partial charge in [-0.05, 0) is 48.9 Å². The van der Waals surface area contributed by atoms with Crippen LogP contribution < -0.4 is 9.80 Å². The Bertz CT molecular complexity index is 1040. The first-order valence-corrected chi connectivity index (χ1v) is 12.4. The first kappa shape index (κ1) is 22.9. The van der Waals surface area contributed by atoms with Gasteiger partial charge in [-0.2, -0.15) is 0 Å². The first-order valence-electron chi connectivity index (χ1n) is 12.4. The maximum absolute atomic E-state index is 13.5. The van der Waals surface area contributed by atoms with Crippen molar-refractivity contribution in [2.45, 2.75) is 19.3 Å². The molecule has 5 rings (SSSR count). The molecule has 0 atom stereocenters. The Morgan fingerprint density at radius 2 is 1.68 bits per heavy atom. The molecule has 0 spiro atoms. The van der Waals surface area contributed by atoms with Crippen LogP contribution in [0.3, 0.4) is 0 Å². The number of hydrogen-bond donors (Lipinski definition) is 0. The van der Waals surface area contributed by atoms with Crippen molar-refractivity contribution in [1.82, 2.24) is 9.80 Å². The van der Waals surface area contributed by atoms with E-state index in [-0.39, 0.29) is 11.8 Å². The van der Waals surface area contributed by atoms with Crippen molar-refractivity contribution in [3.05, 3.63) is 59.2 Å². The second-order valence-electron chi connectivity index (χ2n) is 9.49. The van der Waals surface area contributed by atoms with Crippen molar-refractivity contribution in [2.24, 2.45) is 0 Å². The highest BCUT2D eigenvalue weighted by Crippen LogP contribution is 2.30. The summed E-state index contributed by atoms with van der Waals surface area (Å²) in [6.07, 6.45) is 2.13. The summed E-state index contributed by atoms with van der Waals surface area (Å²) < 4.78 is 5.45. The molecule has 0 aliphatic carbocycles. The van der Waals surface area contributed by atoms with Gasteiger partial charge < -0.3 is 24.3 Å². The molecule has 0 radical (unpaired) electrons. The molecule has 3 aliphatic heterocycles. The van der Waals surface area contributed by atoms with Gasteiger partial charge in [-0.15, -0.1) is 0 Å². The average Bonchev–Trinajstić information content (AvgIpc) is 3.31. The number of carbonyl (C=O) groups excluding carboxylic acids is 2. The van der Waals surface area contributed by atoms with Crippen molar-refractivity contribution in [2.75, 3.05) is 75.9 Å². The minimum atomic E-state index is 0.0506. The van der Waals surface area contributed by atoms with Crippen LogP contribution in [-0.4, -0.2) is 87.7 Å². The zero-order valence-corrected chi connectivity index (χ0v) is 20.0. The third-order valence-corrected chi connectivity index (χ3v) is 7.22. The molecule has 2 aromatic carbocycles. The van der Waals surface area contributed by atoms with Crippen LogP contribution in [0.25, 0.3) is 0 Å². The van der Waals surface area contributed by atoms with E-state index in [4.69, 9.17) is 4.74 Å². The number of hydrogen-bond acceptors (Lipinski definition) is 5. The molecule has 3 aliphatic rings. The Hall–Kier alpha value is -2.90. The van der Waals surface area contributed by atoms with Crippen LogP contribution in [0, 0.1) is 0 Å². The van der Waals surface area contributed by atoms with Crippen molar-refractivity contribution < 1.29 is 14.3 Å². The van der Waals surface area contributed by atoms with Crippen molar-refractivity contribution in [3.63, 3.8) is 0 Å². The fourth-order valence-electron chi connectivity index (χ4n) is 5.18. The minimum Gasteiger partial charge on any atom is -0.378 e. The van der Waals surface area contributed by atoms with E-state index in [9.17, 15) is 9.59 Å². The number of carbonyl (C=O) groups is 2. The van der Waals surface area contributed by atoms with E-state index in [1.54, 1.807) is 0 Å². The molecule has 7 heteroatoms. The number of rotatable bonds is 5. The predicted octanol–water partition coefficient (Wildman–Crippen LogP) is 2.63. The highest BCUT2D eigenvalue weighted by Gasteiger charge is 2.26. The van der Waals surface area contributed by atoms with Crippen LogP contribution >= 0.6 is 0 Å². The summed E-state index contributed by atoms with van der Waals surface area (Å²) in [5.74, 6) is 0.214. The molecule has 3 fully saturated rings. The Kier molecular flexibility index (Phi) is 6.83. The molecular weight excluding hydrogens is 428 g/mol. The van der Waals surface area contributed by atoms with E-state index in [0.717, 1.165) is 56.0 Å². The Balaban J connectivity index is 1.49. The van der Waals surface area contributed by atoms with Crippen LogP contribution in [-0.2, 0) is 16.0 Å². The Morgan fingerprint density at radius 3 is 2.41 bits per heavy atom. The van der Waals surface area contributed by atoms with E-state index in [2.05, 4.69) is 47.2 Å². The van der Waals surface area contributed by atoms with Gasteiger partial charge in [0.05, 0.1) is 13.2 Å². The summed E-state index contributed by atoms with van der Waals surface area (Å²) in [5, 5.41) is 0. The average molecular weight is 463 g/mol. The van der Waals surface area contributed by atoms with Crippen molar-refractivity contribution >= 4 is 23.2 Å². The molecule has 3 saturated heterocycles. The van der Waals surface area contributed by atoms with Gasteiger partial charge in [-0.3, -0.25) is 9.59 Å². The quantitative estimate of drug-likeness (QED) is 0.684. The zero-order chi connectivity index (χ0) is 23.5. The molecule has 0 aromatic heterocycles.